The van der Waals surface area contributed by atoms with Crippen LogP contribution in [0.4, 0.5) is 0 Å². The molecule has 1 aliphatic rings. The Balaban J connectivity index is 2.14. The third kappa shape index (κ3) is 2.93. The number of nitrogens with zero attached hydrogens (tertiary/aromatic N) is 2. The molecule has 7 heteroatoms. The maximum absolute atomic E-state index is 12.3. The summed E-state index contributed by atoms with van der Waals surface area (Å²) in [4.78, 5) is 15.3. The van der Waals surface area contributed by atoms with Crippen LogP contribution < -0.4 is 5.73 Å². The fraction of sp³-hybridized carbons (Fsp3) is 0.500. The predicted octanol–water partition coefficient (Wildman–Crippen LogP) is 0.276. The number of aromatic nitrogens is 1. The highest BCUT2D eigenvalue weighted by molar-refractivity contribution is 7.89. The van der Waals surface area contributed by atoms with Gasteiger partial charge in [-0.05, 0) is 31.9 Å². The molecule has 1 amide bonds. The molecule has 1 aliphatic heterocycles. The number of primary amides is 1. The van der Waals surface area contributed by atoms with Crippen molar-refractivity contribution in [2.45, 2.75) is 24.7 Å². The Morgan fingerprint density at radius 1 is 1.37 bits per heavy atom. The molecule has 1 fully saturated rings. The van der Waals surface area contributed by atoms with Crippen LogP contribution in [0.5, 0.6) is 0 Å². The van der Waals surface area contributed by atoms with Crippen LogP contribution >= 0.6 is 0 Å². The molecule has 0 unspecified atom stereocenters. The van der Waals surface area contributed by atoms with Gasteiger partial charge in [0, 0.05) is 30.9 Å². The van der Waals surface area contributed by atoms with Crippen molar-refractivity contribution in [1.82, 2.24) is 9.29 Å². The molecular formula is C12H17N3O3S. The lowest BCUT2D eigenvalue weighted by Crippen LogP contribution is -2.41. The first kappa shape index (κ1) is 14.0. The Bertz CT molecular complexity index is 560. The topological polar surface area (TPSA) is 93.4 Å². The van der Waals surface area contributed by atoms with E-state index in [1.165, 1.54) is 10.5 Å². The van der Waals surface area contributed by atoms with Gasteiger partial charge < -0.3 is 5.73 Å². The van der Waals surface area contributed by atoms with E-state index in [-0.39, 0.29) is 16.7 Å². The first-order chi connectivity index (χ1) is 8.91. The summed E-state index contributed by atoms with van der Waals surface area (Å²) >= 11 is 0. The number of rotatable bonds is 3. The molecule has 2 rings (SSSR count). The van der Waals surface area contributed by atoms with Crippen LogP contribution in [0.3, 0.4) is 0 Å². The summed E-state index contributed by atoms with van der Waals surface area (Å²) < 4.78 is 26.1. The number of hydrogen-bond acceptors (Lipinski definition) is 4. The van der Waals surface area contributed by atoms with Crippen molar-refractivity contribution in [3.05, 3.63) is 24.0 Å². The molecule has 1 saturated heterocycles. The highest BCUT2D eigenvalue weighted by Gasteiger charge is 2.31. The molecule has 6 nitrogen and oxygen atoms in total. The minimum Gasteiger partial charge on any atom is -0.369 e. The third-order valence-electron chi connectivity index (χ3n) is 3.38. The van der Waals surface area contributed by atoms with Gasteiger partial charge in [-0.15, -0.1) is 0 Å². The van der Waals surface area contributed by atoms with E-state index in [9.17, 15) is 13.2 Å². The average Bonchev–Trinajstić information content (AvgIpc) is 2.39. The Morgan fingerprint density at radius 3 is 2.47 bits per heavy atom. The number of amides is 1. The van der Waals surface area contributed by atoms with Gasteiger partial charge in [0.1, 0.15) is 4.90 Å². The molecule has 19 heavy (non-hydrogen) atoms. The molecule has 0 aromatic carbocycles. The van der Waals surface area contributed by atoms with E-state index in [1.807, 2.05) is 0 Å². The van der Waals surface area contributed by atoms with Gasteiger partial charge in [0.15, 0.2) is 0 Å². The molecule has 0 spiro atoms. The van der Waals surface area contributed by atoms with Gasteiger partial charge in [0.2, 0.25) is 15.9 Å². The number of nitrogens with two attached hydrogens (primary N) is 1. The van der Waals surface area contributed by atoms with Gasteiger partial charge in [0.25, 0.3) is 0 Å². The monoisotopic (exact) mass is 283 g/mol. The number of carbonyl (C=O) groups is 1. The van der Waals surface area contributed by atoms with Crippen molar-refractivity contribution < 1.29 is 13.2 Å². The molecule has 1 aromatic rings. The van der Waals surface area contributed by atoms with E-state index in [1.54, 1.807) is 19.1 Å². The van der Waals surface area contributed by atoms with Crippen molar-refractivity contribution in [3.63, 3.8) is 0 Å². The average molecular weight is 283 g/mol. The second-order valence-electron chi connectivity index (χ2n) is 4.72. The fourth-order valence-electron chi connectivity index (χ4n) is 2.14. The quantitative estimate of drug-likeness (QED) is 0.862. The first-order valence-corrected chi connectivity index (χ1v) is 7.57. The van der Waals surface area contributed by atoms with E-state index in [2.05, 4.69) is 4.98 Å². The van der Waals surface area contributed by atoms with Gasteiger partial charge in [-0.25, -0.2) is 8.42 Å². The molecule has 2 heterocycles. The van der Waals surface area contributed by atoms with Gasteiger partial charge in [-0.2, -0.15) is 4.31 Å². The second kappa shape index (κ2) is 5.26. The molecule has 0 atom stereocenters. The second-order valence-corrected chi connectivity index (χ2v) is 6.65. The summed E-state index contributed by atoms with van der Waals surface area (Å²) in [5.41, 5.74) is 6.00. The molecule has 0 saturated carbocycles. The summed E-state index contributed by atoms with van der Waals surface area (Å²) in [6, 6.07) is 3.22. The van der Waals surface area contributed by atoms with Crippen molar-refractivity contribution in [1.29, 1.82) is 0 Å². The number of aryl methyl sites for hydroxylation is 1. The van der Waals surface area contributed by atoms with Gasteiger partial charge in [-0.3, -0.25) is 9.78 Å². The zero-order valence-electron chi connectivity index (χ0n) is 10.7. The van der Waals surface area contributed by atoms with Crippen LogP contribution in [-0.2, 0) is 14.8 Å². The highest BCUT2D eigenvalue weighted by Crippen LogP contribution is 2.23. The third-order valence-corrected chi connectivity index (χ3v) is 5.26. The zero-order valence-corrected chi connectivity index (χ0v) is 11.6. The lowest BCUT2D eigenvalue weighted by molar-refractivity contribution is -0.122. The smallest absolute Gasteiger partial charge is 0.244 e. The molecular weight excluding hydrogens is 266 g/mol. The SMILES string of the molecule is Cc1ccc(S(=O)(=O)N2CCC(C(N)=O)CC2)cn1. The number of pyridine rings is 1. The van der Waals surface area contributed by atoms with E-state index in [0.717, 1.165) is 5.69 Å². The summed E-state index contributed by atoms with van der Waals surface area (Å²) in [6.45, 7) is 2.45. The Labute approximate surface area is 112 Å². The first-order valence-electron chi connectivity index (χ1n) is 6.13. The molecule has 0 bridgehead atoms. The number of hydrogen-bond donors (Lipinski definition) is 1. The molecule has 104 valence electrons. The van der Waals surface area contributed by atoms with E-state index in [0.29, 0.717) is 25.9 Å². The van der Waals surface area contributed by atoms with Crippen LogP contribution in [0.1, 0.15) is 18.5 Å². The molecule has 0 radical (unpaired) electrons. The van der Waals surface area contributed by atoms with Crippen molar-refractivity contribution >= 4 is 15.9 Å². The normalized spacial score (nSPS) is 18.4. The maximum atomic E-state index is 12.3. The summed E-state index contributed by atoms with van der Waals surface area (Å²) in [5.74, 6) is -0.573. The maximum Gasteiger partial charge on any atom is 0.244 e. The number of carbonyl (C=O) groups excluding carboxylic acids is 1. The summed E-state index contributed by atoms with van der Waals surface area (Å²) in [5, 5.41) is 0. The van der Waals surface area contributed by atoms with Gasteiger partial charge in [-0.1, -0.05) is 0 Å². The lowest BCUT2D eigenvalue weighted by Gasteiger charge is -2.29. The fourth-order valence-corrected chi connectivity index (χ4v) is 3.55. The largest absolute Gasteiger partial charge is 0.369 e. The van der Waals surface area contributed by atoms with Crippen LogP contribution in [0.2, 0.25) is 0 Å². The Kier molecular flexibility index (Phi) is 3.86. The Morgan fingerprint density at radius 2 is 2.00 bits per heavy atom. The molecule has 1 aromatic heterocycles. The summed E-state index contributed by atoms with van der Waals surface area (Å²) in [7, 11) is -3.51. The van der Waals surface area contributed by atoms with E-state index < -0.39 is 10.0 Å². The van der Waals surface area contributed by atoms with Crippen LogP contribution in [0.25, 0.3) is 0 Å². The van der Waals surface area contributed by atoms with E-state index >= 15 is 0 Å². The predicted molar refractivity (Wildman–Crippen MR) is 69.7 cm³/mol. The number of piperidine rings is 1. The standard InChI is InChI=1S/C12H17N3O3S/c1-9-2-3-11(8-14-9)19(17,18)15-6-4-10(5-7-15)12(13)16/h2-3,8,10H,4-7H2,1H3,(H2,13,16). The van der Waals surface area contributed by atoms with Crippen LogP contribution in [0.15, 0.2) is 23.2 Å². The number of sulfonamides is 1. The zero-order chi connectivity index (χ0) is 14.0. The van der Waals surface area contributed by atoms with Crippen molar-refractivity contribution in [3.8, 4) is 0 Å². The van der Waals surface area contributed by atoms with E-state index in [4.69, 9.17) is 5.73 Å². The van der Waals surface area contributed by atoms with Gasteiger partial charge >= 0.3 is 0 Å². The van der Waals surface area contributed by atoms with Crippen LogP contribution in [0, 0.1) is 12.8 Å². The Hall–Kier alpha value is -1.47. The van der Waals surface area contributed by atoms with Crippen molar-refractivity contribution in [2.24, 2.45) is 11.7 Å². The molecule has 0 aliphatic carbocycles. The van der Waals surface area contributed by atoms with Crippen LogP contribution in [-0.4, -0.2) is 36.7 Å². The lowest BCUT2D eigenvalue weighted by atomic mass is 9.98. The minimum atomic E-state index is -3.51. The summed E-state index contributed by atoms with van der Waals surface area (Å²) in [6.07, 6.45) is 2.33. The van der Waals surface area contributed by atoms with Crippen molar-refractivity contribution in [2.75, 3.05) is 13.1 Å². The molecule has 2 N–H and O–H groups in total. The highest BCUT2D eigenvalue weighted by atomic mass is 32.2. The van der Waals surface area contributed by atoms with Gasteiger partial charge in [0.05, 0.1) is 0 Å². The minimum absolute atomic E-state index is 0.190.